The summed E-state index contributed by atoms with van der Waals surface area (Å²) in [5.41, 5.74) is 5.16. The van der Waals surface area contributed by atoms with Gasteiger partial charge < -0.3 is 5.32 Å². The van der Waals surface area contributed by atoms with Gasteiger partial charge in [-0.25, -0.2) is 0 Å². The molecule has 2 heteroatoms. The molecule has 0 amide bonds. The third kappa shape index (κ3) is 2.28. The Morgan fingerprint density at radius 2 is 1.81 bits per heavy atom. The maximum absolute atomic E-state index is 10.8. The summed E-state index contributed by atoms with van der Waals surface area (Å²) in [6.07, 6.45) is 6.73. The second kappa shape index (κ2) is 4.96. The Bertz CT molecular complexity index is 621. The van der Waals surface area contributed by atoms with Crippen LogP contribution in [0.2, 0.25) is 0 Å². The maximum Gasteiger partial charge on any atom is 0.150 e. The van der Waals surface area contributed by atoms with E-state index in [1.54, 1.807) is 5.57 Å². The number of carbonyl (C=O) groups excluding carboxylic acids is 1. The lowest BCUT2D eigenvalue weighted by Crippen LogP contribution is -2.44. The molecular weight excluding hydrogens is 258 g/mol. The van der Waals surface area contributed by atoms with Crippen LogP contribution in [-0.4, -0.2) is 19.4 Å². The van der Waals surface area contributed by atoms with Crippen LogP contribution in [0, 0.1) is 10.8 Å². The molecule has 1 aromatic rings. The zero-order chi connectivity index (χ0) is 15.1. The van der Waals surface area contributed by atoms with E-state index in [2.05, 4.69) is 50.4 Å². The van der Waals surface area contributed by atoms with Gasteiger partial charge in [-0.15, -0.1) is 0 Å². The third-order valence-corrected chi connectivity index (χ3v) is 5.08. The minimum atomic E-state index is 0.0395. The lowest BCUT2D eigenvalue weighted by atomic mass is 9.58. The molecule has 110 valence electrons. The molecule has 0 unspecified atom stereocenters. The monoisotopic (exact) mass is 281 g/mol. The van der Waals surface area contributed by atoms with E-state index in [9.17, 15) is 4.79 Å². The first-order valence-corrected chi connectivity index (χ1v) is 7.65. The van der Waals surface area contributed by atoms with Crippen molar-refractivity contribution in [2.24, 2.45) is 10.8 Å². The van der Waals surface area contributed by atoms with Crippen molar-refractivity contribution in [2.45, 2.75) is 27.2 Å². The van der Waals surface area contributed by atoms with Crippen molar-refractivity contribution >= 4 is 11.9 Å². The predicted molar refractivity (Wildman–Crippen MR) is 87.3 cm³/mol. The highest BCUT2D eigenvalue weighted by Gasteiger charge is 2.43. The largest absolute Gasteiger partial charge is 0.312 e. The fourth-order valence-corrected chi connectivity index (χ4v) is 4.00. The van der Waals surface area contributed by atoms with Gasteiger partial charge in [-0.1, -0.05) is 62.8 Å². The van der Waals surface area contributed by atoms with Crippen LogP contribution in [0.5, 0.6) is 0 Å². The smallest absolute Gasteiger partial charge is 0.150 e. The molecule has 0 aromatic heterocycles. The number of carbonyl (C=O) groups is 1. The first-order chi connectivity index (χ1) is 9.97. The zero-order valence-corrected chi connectivity index (χ0v) is 13.1. The predicted octanol–water partition coefficient (Wildman–Crippen LogP) is 3.85. The third-order valence-electron chi connectivity index (χ3n) is 5.08. The van der Waals surface area contributed by atoms with Crippen LogP contribution in [-0.2, 0) is 0 Å². The Morgan fingerprint density at radius 3 is 2.48 bits per heavy atom. The maximum atomic E-state index is 10.8. The highest BCUT2D eigenvalue weighted by molar-refractivity contribution is 5.79. The second-order valence-corrected chi connectivity index (χ2v) is 7.00. The molecule has 1 aliphatic heterocycles. The van der Waals surface area contributed by atoms with E-state index in [0.717, 1.165) is 31.4 Å². The Labute approximate surface area is 126 Å². The van der Waals surface area contributed by atoms with Crippen LogP contribution in [0.25, 0.3) is 5.57 Å². The fourth-order valence-electron chi connectivity index (χ4n) is 4.00. The molecule has 1 atom stereocenters. The van der Waals surface area contributed by atoms with Crippen LogP contribution < -0.4 is 5.32 Å². The summed E-state index contributed by atoms with van der Waals surface area (Å²) in [6, 6.07) is 7.96. The van der Waals surface area contributed by atoms with E-state index in [1.807, 2.05) is 12.1 Å². The van der Waals surface area contributed by atoms with Gasteiger partial charge in [0.2, 0.25) is 0 Å². The lowest BCUT2D eigenvalue weighted by molar-refractivity contribution is 0.112. The van der Waals surface area contributed by atoms with Crippen LogP contribution in [0.15, 0.2) is 42.0 Å². The summed E-state index contributed by atoms with van der Waals surface area (Å²) in [5.74, 6) is 0. The summed E-state index contributed by atoms with van der Waals surface area (Å²) in [7, 11) is 0. The Hall–Kier alpha value is -1.67. The molecule has 1 heterocycles. The van der Waals surface area contributed by atoms with Crippen LogP contribution >= 0.6 is 0 Å². The molecule has 2 aliphatic rings. The Balaban J connectivity index is 2.05. The molecule has 2 nitrogen and oxygen atoms in total. The number of allylic oxidation sites excluding steroid dienone is 2. The van der Waals surface area contributed by atoms with Gasteiger partial charge in [0.1, 0.15) is 6.29 Å². The van der Waals surface area contributed by atoms with Crippen molar-refractivity contribution in [3.63, 3.8) is 0 Å². The SMILES string of the molecule is CC1(C)C(c2ccc(C=O)cc2)=CC[C@]2(C)CNCC=C12. The van der Waals surface area contributed by atoms with E-state index < -0.39 is 0 Å². The molecule has 0 radical (unpaired) electrons. The summed E-state index contributed by atoms with van der Waals surface area (Å²) in [5, 5.41) is 3.49. The molecule has 3 rings (SSSR count). The number of rotatable bonds is 2. The van der Waals surface area contributed by atoms with Gasteiger partial charge >= 0.3 is 0 Å². The molecule has 0 spiro atoms. The molecule has 1 aliphatic carbocycles. The summed E-state index contributed by atoms with van der Waals surface area (Å²) in [4.78, 5) is 10.8. The van der Waals surface area contributed by atoms with Gasteiger partial charge in [-0.3, -0.25) is 4.79 Å². The summed E-state index contributed by atoms with van der Waals surface area (Å²) < 4.78 is 0. The minimum absolute atomic E-state index is 0.0395. The van der Waals surface area contributed by atoms with Crippen molar-refractivity contribution in [2.75, 3.05) is 13.1 Å². The molecule has 0 saturated carbocycles. The second-order valence-electron chi connectivity index (χ2n) is 7.00. The van der Waals surface area contributed by atoms with Gasteiger partial charge in [0, 0.05) is 29.5 Å². The quantitative estimate of drug-likeness (QED) is 0.659. The van der Waals surface area contributed by atoms with Crippen LogP contribution in [0.1, 0.15) is 43.1 Å². The molecule has 1 aromatic carbocycles. The first-order valence-electron chi connectivity index (χ1n) is 7.65. The topological polar surface area (TPSA) is 29.1 Å². The van der Waals surface area contributed by atoms with E-state index >= 15 is 0 Å². The zero-order valence-electron chi connectivity index (χ0n) is 13.1. The number of aldehydes is 1. The molecule has 0 fully saturated rings. The number of hydrogen-bond acceptors (Lipinski definition) is 2. The van der Waals surface area contributed by atoms with Crippen molar-refractivity contribution in [3.8, 4) is 0 Å². The molecule has 1 N–H and O–H groups in total. The van der Waals surface area contributed by atoms with Crippen molar-refractivity contribution in [1.82, 2.24) is 5.32 Å². The molecular formula is C19H23NO. The summed E-state index contributed by atoms with van der Waals surface area (Å²) in [6.45, 7) is 9.01. The van der Waals surface area contributed by atoms with E-state index in [4.69, 9.17) is 0 Å². The molecule has 21 heavy (non-hydrogen) atoms. The van der Waals surface area contributed by atoms with E-state index in [0.29, 0.717) is 0 Å². The number of fused-ring (bicyclic) bond motifs is 1. The number of nitrogens with one attached hydrogen (secondary N) is 1. The Morgan fingerprint density at radius 1 is 1.10 bits per heavy atom. The average Bonchev–Trinajstić information content (AvgIpc) is 2.47. The molecule has 0 saturated heterocycles. The number of benzene rings is 1. The first kappa shape index (κ1) is 14.3. The van der Waals surface area contributed by atoms with E-state index in [1.165, 1.54) is 11.1 Å². The van der Waals surface area contributed by atoms with Gasteiger partial charge in [0.15, 0.2) is 0 Å². The fraction of sp³-hybridized carbons (Fsp3) is 0.421. The Kier molecular flexibility index (Phi) is 3.37. The summed E-state index contributed by atoms with van der Waals surface area (Å²) >= 11 is 0. The van der Waals surface area contributed by atoms with Gasteiger partial charge in [0.05, 0.1) is 0 Å². The van der Waals surface area contributed by atoms with E-state index in [-0.39, 0.29) is 10.8 Å². The van der Waals surface area contributed by atoms with Crippen molar-refractivity contribution in [1.29, 1.82) is 0 Å². The highest BCUT2D eigenvalue weighted by atomic mass is 16.1. The van der Waals surface area contributed by atoms with Gasteiger partial charge in [0.25, 0.3) is 0 Å². The minimum Gasteiger partial charge on any atom is -0.312 e. The molecule has 0 bridgehead atoms. The standard InChI is InChI=1S/C19H23NO/c1-18(2)16(15-6-4-14(12-21)5-7-15)8-10-19(3)13-20-11-9-17(18)19/h4-9,12,20H,10-11,13H2,1-3H3/t19-/m1/s1. The van der Waals surface area contributed by atoms with Crippen LogP contribution in [0.4, 0.5) is 0 Å². The van der Waals surface area contributed by atoms with Crippen molar-refractivity contribution in [3.05, 3.63) is 53.1 Å². The normalized spacial score (nSPS) is 27.4. The van der Waals surface area contributed by atoms with Crippen molar-refractivity contribution < 1.29 is 4.79 Å². The van der Waals surface area contributed by atoms with Gasteiger partial charge in [-0.05, 0) is 17.6 Å². The highest BCUT2D eigenvalue weighted by Crippen LogP contribution is 2.54. The lowest BCUT2D eigenvalue weighted by Gasteiger charge is -2.48. The van der Waals surface area contributed by atoms with Crippen LogP contribution in [0.3, 0.4) is 0 Å². The average molecular weight is 281 g/mol. The van der Waals surface area contributed by atoms with Gasteiger partial charge in [-0.2, -0.15) is 0 Å². The number of hydrogen-bond donors (Lipinski definition) is 1.